The standard InChI is InChI=1S/C14H17NO3/c1-9-3-4-10-6-11(7-13(16)17)14(18)15(2)8-12(10)5-9/h3-5,11H,6-8H2,1-2H3,(H,16,17). The topological polar surface area (TPSA) is 57.6 Å². The molecule has 1 aliphatic rings. The first-order valence-corrected chi connectivity index (χ1v) is 6.02. The molecule has 0 aromatic heterocycles. The van der Waals surface area contributed by atoms with E-state index in [1.54, 1.807) is 11.9 Å². The quantitative estimate of drug-likeness (QED) is 0.863. The molecule has 1 atom stereocenters. The van der Waals surface area contributed by atoms with Gasteiger partial charge in [-0.1, -0.05) is 23.8 Å². The minimum Gasteiger partial charge on any atom is -0.481 e. The van der Waals surface area contributed by atoms with Crippen LogP contribution in [-0.2, 0) is 22.6 Å². The van der Waals surface area contributed by atoms with Crippen molar-refractivity contribution in [2.45, 2.75) is 26.3 Å². The highest BCUT2D eigenvalue weighted by Crippen LogP contribution is 2.25. The molecule has 18 heavy (non-hydrogen) atoms. The third-order valence-corrected chi connectivity index (χ3v) is 3.38. The fourth-order valence-electron chi connectivity index (χ4n) is 2.47. The van der Waals surface area contributed by atoms with Crippen LogP contribution < -0.4 is 0 Å². The van der Waals surface area contributed by atoms with Crippen molar-refractivity contribution in [1.29, 1.82) is 0 Å². The zero-order valence-corrected chi connectivity index (χ0v) is 10.6. The molecule has 1 unspecified atom stereocenters. The summed E-state index contributed by atoms with van der Waals surface area (Å²) in [4.78, 5) is 24.5. The van der Waals surface area contributed by atoms with Crippen LogP contribution in [0.2, 0.25) is 0 Å². The van der Waals surface area contributed by atoms with Crippen molar-refractivity contribution in [3.8, 4) is 0 Å². The van der Waals surface area contributed by atoms with Gasteiger partial charge in [-0.05, 0) is 24.5 Å². The molecule has 4 heteroatoms. The van der Waals surface area contributed by atoms with E-state index in [9.17, 15) is 9.59 Å². The van der Waals surface area contributed by atoms with Gasteiger partial charge < -0.3 is 10.0 Å². The predicted octanol–water partition coefficient (Wildman–Crippen LogP) is 1.60. The Hall–Kier alpha value is -1.84. The van der Waals surface area contributed by atoms with Crippen molar-refractivity contribution in [2.24, 2.45) is 5.92 Å². The van der Waals surface area contributed by atoms with E-state index < -0.39 is 11.9 Å². The number of carboxylic acid groups (broad SMARTS) is 1. The van der Waals surface area contributed by atoms with Gasteiger partial charge in [-0.25, -0.2) is 0 Å². The number of amides is 1. The van der Waals surface area contributed by atoms with Gasteiger partial charge >= 0.3 is 5.97 Å². The van der Waals surface area contributed by atoms with Crippen molar-refractivity contribution in [3.63, 3.8) is 0 Å². The summed E-state index contributed by atoms with van der Waals surface area (Å²) in [6, 6.07) is 6.08. The second-order valence-corrected chi connectivity index (χ2v) is 4.97. The van der Waals surface area contributed by atoms with Gasteiger partial charge in [-0.2, -0.15) is 0 Å². The van der Waals surface area contributed by atoms with Gasteiger partial charge in [0.05, 0.1) is 12.3 Å². The second-order valence-electron chi connectivity index (χ2n) is 4.97. The van der Waals surface area contributed by atoms with Crippen LogP contribution >= 0.6 is 0 Å². The second kappa shape index (κ2) is 4.80. The number of rotatable bonds is 2. The summed E-state index contributed by atoms with van der Waals surface area (Å²) in [5.41, 5.74) is 3.37. The first kappa shape index (κ1) is 12.6. The summed E-state index contributed by atoms with van der Waals surface area (Å²) in [5, 5.41) is 8.88. The lowest BCUT2D eigenvalue weighted by Gasteiger charge is -2.18. The molecular formula is C14H17NO3. The van der Waals surface area contributed by atoms with E-state index >= 15 is 0 Å². The highest BCUT2D eigenvalue weighted by atomic mass is 16.4. The SMILES string of the molecule is Cc1ccc2c(c1)CN(C)C(=O)C(CC(=O)O)C2. The van der Waals surface area contributed by atoms with Crippen molar-refractivity contribution >= 4 is 11.9 Å². The number of aryl methyl sites for hydroxylation is 1. The van der Waals surface area contributed by atoms with Crippen LogP contribution in [0.1, 0.15) is 23.1 Å². The molecule has 96 valence electrons. The van der Waals surface area contributed by atoms with Gasteiger partial charge in [0, 0.05) is 13.6 Å². The molecule has 1 N–H and O–H groups in total. The lowest BCUT2D eigenvalue weighted by atomic mass is 9.93. The summed E-state index contributed by atoms with van der Waals surface area (Å²) in [6.07, 6.45) is 0.418. The van der Waals surface area contributed by atoms with Crippen LogP contribution in [0.25, 0.3) is 0 Å². The highest BCUT2D eigenvalue weighted by molar-refractivity contribution is 5.84. The van der Waals surface area contributed by atoms with Crippen LogP contribution in [-0.4, -0.2) is 28.9 Å². The van der Waals surface area contributed by atoms with Gasteiger partial charge in [0.15, 0.2) is 0 Å². The molecule has 0 fully saturated rings. The Morgan fingerprint density at radius 2 is 2.17 bits per heavy atom. The molecule has 1 heterocycles. The largest absolute Gasteiger partial charge is 0.481 e. The maximum atomic E-state index is 12.1. The Labute approximate surface area is 106 Å². The summed E-state index contributed by atoms with van der Waals surface area (Å²) < 4.78 is 0. The number of aliphatic carboxylic acids is 1. The first-order valence-electron chi connectivity index (χ1n) is 6.02. The van der Waals surface area contributed by atoms with Gasteiger partial charge in [0.1, 0.15) is 0 Å². The number of hydrogen-bond donors (Lipinski definition) is 1. The van der Waals surface area contributed by atoms with E-state index in [1.807, 2.05) is 19.1 Å². The molecule has 1 aromatic carbocycles. The van der Waals surface area contributed by atoms with Crippen molar-refractivity contribution in [3.05, 3.63) is 34.9 Å². The maximum Gasteiger partial charge on any atom is 0.304 e. The number of carbonyl (C=O) groups excluding carboxylic acids is 1. The Kier molecular flexibility index (Phi) is 3.36. The average Bonchev–Trinajstić information content (AvgIpc) is 2.39. The number of fused-ring (bicyclic) bond motifs is 1. The third kappa shape index (κ3) is 2.53. The van der Waals surface area contributed by atoms with E-state index in [0.717, 1.165) is 16.7 Å². The van der Waals surface area contributed by atoms with Gasteiger partial charge in [-0.3, -0.25) is 9.59 Å². The van der Waals surface area contributed by atoms with E-state index in [4.69, 9.17) is 5.11 Å². The monoisotopic (exact) mass is 247 g/mol. The highest BCUT2D eigenvalue weighted by Gasteiger charge is 2.29. The molecule has 0 radical (unpaired) electrons. The third-order valence-electron chi connectivity index (χ3n) is 3.38. The van der Waals surface area contributed by atoms with Gasteiger partial charge in [-0.15, -0.1) is 0 Å². The molecular weight excluding hydrogens is 230 g/mol. The van der Waals surface area contributed by atoms with Crippen LogP contribution in [0.15, 0.2) is 18.2 Å². The molecule has 0 bridgehead atoms. The van der Waals surface area contributed by atoms with Crippen molar-refractivity contribution < 1.29 is 14.7 Å². The molecule has 1 amide bonds. The number of hydrogen-bond acceptors (Lipinski definition) is 2. The van der Waals surface area contributed by atoms with E-state index in [-0.39, 0.29) is 12.3 Å². The number of carboxylic acids is 1. The smallest absolute Gasteiger partial charge is 0.304 e. The van der Waals surface area contributed by atoms with Gasteiger partial charge in [0.2, 0.25) is 5.91 Å². The molecule has 0 saturated heterocycles. The van der Waals surface area contributed by atoms with Crippen molar-refractivity contribution in [2.75, 3.05) is 7.05 Å². The summed E-state index contributed by atoms with van der Waals surface area (Å²) >= 11 is 0. The minimum atomic E-state index is -0.919. The van der Waals surface area contributed by atoms with E-state index in [0.29, 0.717) is 13.0 Å². The minimum absolute atomic E-state index is 0.0775. The van der Waals surface area contributed by atoms with E-state index in [2.05, 4.69) is 6.07 Å². The molecule has 4 nitrogen and oxygen atoms in total. The number of benzene rings is 1. The molecule has 0 saturated carbocycles. The summed E-state index contributed by atoms with van der Waals surface area (Å²) in [7, 11) is 1.73. The molecule has 0 aliphatic carbocycles. The first-order chi connectivity index (χ1) is 8.47. The number of carbonyl (C=O) groups is 2. The van der Waals surface area contributed by atoms with Crippen molar-refractivity contribution in [1.82, 2.24) is 4.90 Å². The Morgan fingerprint density at radius 1 is 1.44 bits per heavy atom. The fraction of sp³-hybridized carbons (Fsp3) is 0.429. The summed E-state index contributed by atoms with van der Waals surface area (Å²) in [6.45, 7) is 2.58. The number of nitrogens with zero attached hydrogens (tertiary/aromatic N) is 1. The van der Waals surface area contributed by atoms with E-state index in [1.165, 1.54) is 0 Å². The Bertz CT molecular complexity index is 496. The Balaban J connectivity index is 2.34. The molecule has 1 aliphatic heterocycles. The zero-order valence-electron chi connectivity index (χ0n) is 10.6. The normalized spacial score (nSPS) is 19.3. The zero-order chi connectivity index (χ0) is 13.3. The lowest BCUT2D eigenvalue weighted by molar-refractivity contribution is -0.143. The summed E-state index contributed by atoms with van der Waals surface area (Å²) in [5.74, 6) is -1.44. The molecule has 1 aromatic rings. The maximum absolute atomic E-state index is 12.1. The Morgan fingerprint density at radius 3 is 2.83 bits per heavy atom. The molecule has 0 spiro atoms. The fourth-order valence-corrected chi connectivity index (χ4v) is 2.47. The predicted molar refractivity (Wildman–Crippen MR) is 67.1 cm³/mol. The van der Waals surface area contributed by atoms with Crippen LogP contribution in [0.5, 0.6) is 0 Å². The van der Waals surface area contributed by atoms with Gasteiger partial charge in [0.25, 0.3) is 0 Å². The average molecular weight is 247 g/mol. The lowest BCUT2D eigenvalue weighted by Crippen LogP contribution is -2.32. The molecule has 2 rings (SSSR count). The van der Waals surface area contributed by atoms with Crippen LogP contribution in [0, 0.1) is 12.8 Å². The van der Waals surface area contributed by atoms with Crippen LogP contribution in [0.4, 0.5) is 0 Å². The van der Waals surface area contributed by atoms with Crippen LogP contribution in [0.3, 0.4) is 0 Å².